The lowest BCUT2D eigenvalue weighted by molar-refractivity contribution is -0.134. The van der Waals surface area contributed by atoms with Gasteiger partial charge in [0.2, 0.25) is 5.91 Å². The summed E-state index contributed by atoms with van der Waals surface area (Å²) in [6.45, 7) is 2.08. The highest BCUT2D eigenvalue weighted by Gasteiger charge is 2.35. The Hall–Kier alpha value is -2.96. The van der Waals surface area contributed by atoms with E-state index in [1.165, 1.54) is 6.26 Å². The van der Waals surface area contributed by atoms with Crippen LogP contribution in [0.1, 0.15) is 35.9 Å². The molecule has 7 heteroatoms. The molecule has 1 aromatic heterocycles. The molecule has 0 bridgehead atoms. The lowest BCUT2D eigenvalue weighted by Crippen LogP contribution is -2.47. The second-order valence-corrected chi connectivity index (χ2v) is 6.55. The predicted molar refractivity (Wildman–Crippen MR) is 98.8 cm³/mol. The molecule has 1 aromatic carbocycles. The first-order chi connectivity index (χ1) is 13.0. The van der Waals surface area contributed by atoms with Crippen molar-refractivity contribution in [3.8, 4) is 11.5 Å². The number of nitrogens with one attached hydrogen (secondary N) is 1. The van der Waals surface area contributed by atoms with E-state index in [1.54, 1.807) is 38.2 Å². The van der Waals surface area contributed by atoms with Crippen molar-refractivity contribution in [2.75, 3.05) is 14.2 Å². The van der Waals surface area contributed by atoms with Crippen LogP contribution in [0.25, 0.3) is 0 Å². The Morgan fingerprint density at radius 3 is 2.63 bits per heavy atom. The Bertz CT molecular complexity index is 799. The first-order valence-corrected chi connectivity index (χ1v) is 8.89. The van der Waals surface area contributed by atoms with Crippen LogP contribution in [-0.2, 0) is 11.3 Å². The summed E-state index contributed by atoms with van der Waals surface area (Å²) in [6.07, 6.45) is 3.33. The quantitative estimate of drug-likeness (QED) is 0.770. The van der Waals surface area contributed by atoms with Gasteiger partial charge in [-0.05, 0) is 50.1 Å². The number of carbonyl (C=O) groups is 2. The monoisotopic (exact) mass is 372 g/mol. The number of hydrogen-bond donors (Lipinski definition) is 1. The van der Waals surface area contributed by atoms with Crippen molar-refractivity contribution in [2.24, 2.45) is 0 Å². The second kappa shape index (κ2) is 8.16. The number of benzene rings is 1. The zero-order valence-corrected chi connectivity index (χ0v) is 15.7. The summed E-state index contributed by atoms with van der Waals surface area (Å²) in [4.78, 5) is 27.0. The van der Waals surface area contributed by atoms with Gasteiger partial charge < -0.3 is 24.1 Å². The van der Waals surface area contributed by atoms with Crippen LogP contribution >= 0.6 is 0 Å². The highest BCUT2D eigenvalue weighted by Crippen LogP contribution is 2.32. The highest BCUT2D eigenvalue weighted by atomic mass is 16.5. The van der Waals surface area contributed by atoms with Crippen LogP contribution in [0.15, 0.2) is 41.0 Å². The van der Waals surface area contributed by atoms with E-state index in [0.717, 1.165) is 18.4 Å². The molecule has 7 nitrogen and oxygen atoms in total. The molecule has 1 unspecified atom stereocenters. The van der Waals surface area contributed by atoms with Crippen molar-refractivity contribution in [1.82, 2.24) is 10.2 Å². The van der Waals surface area contributed by atoms with Crippen LogP contribution in [0, 0.1) is 0 Å². The SMILES string of the molecule is COc1ccc(OC)c(CN(C(=O)C(C)NC(=O)c2ccco2)C2CC2)c1. The molecule has 144 valence electrons. The van der Waals surface area contributed by atoms with E-state index in [0.29, 0.717) is 18.0 Å². The van der Waals surface area contributed by atoms with E-state index in [-0.39, 0.29) is 17.7 Å². The van der Waals surface area contributed by atoms with Gasteiger partial charge in [-0.15, -0.1) is 0 Å². The van der Waals surface area contributed by atoms with Gasteiger partial charge in [0, 0.05) is 18.2 Å². The number of methoxy groups -OCH3 is 2. The van der Waals surface area contributed by atoms with Gasteiger partial charge >= 0.3 is 0 Å². The molecule has 1 atom stereocenters. The standard InChI is InChI=1S/C20H24N2O5/c1-13(21-19(23)18-5-4-10-27-18)20(24)22(15-6-7-15)12-14-11-16(25-2)8-9-17(14)26-3/h4-5,8-11,13,15H,6-7,12H2,1-3H3,(H,21,23). The summed E-state index contributed by atoms with van der Waals surface area (Å²) in [5.41, 5.74) is 0.863. The van der Waals surface area contributed by atoms with Crippen molar-refractivity contribution >= 4 is 11.8 Å². The molecule has 1 saturated carbocycles. The van der Waals surface area contributed by atoms with E-state index in [2.05, 4.69) is 5.32 Å². The van der Waals surface area contributed by atoms with Gasteiger partial charge in [-0.1, -0.05) is 0 Å². The molecular weight excluding hydrogens is 348 g/mol. The average molecular weight is 372 g/mol. The summed E-state index contributed by atoms with van der Waals surface area (Å²) >= 11 is 0. The largest absolute Gasteiger partial charge is 0.497 e. The van der Waals surface area contributed by atoms with E-state index < -0.39 is 11.9 Å². The predicted octanol–water partition coefficient (Wildman–Crippen LogP) is 2.61. The van der Waals surface area contributed by atoms with Crippen LogP contribution in [0.4, 0.5) is 0 Å². The number of furan rings is 1. The van der Waals surface area contributed by atoms with Crippen LogP contribution in [-0.4, -0.2) is 43.0 Å². The fourth-order valence-electron chi connectivity index (χ4n) is 2.95. The van der Waals surface area contributed by atoms with Crippen LogP contribution in [0.5, 0.6) is 11.5 Å². The lowest BCUT2D eigenvalue weighted by Gasteiger charge is -2.27. The van der Waals surface area contributed by atoms with Gasteiger partial charge in [0.1, 0.15) is 17.5 Å². The Labute approximate surface area is 158 Å². The van der Waals surface area contributed by atoms with Gasteiger partial charge in [-0.2, -0.15) is 0 Å². The molecule has 0 saturated heterocycles. The lowest BCUT2D eigenvalue weighted by atomic mass is 10.1. The molecular formula is C20H24N2O5. The Morgan fingerprint density at radius 1 is 1.26 bits per heavy atom. The number of nitrogens with zero attached hydrogens (tertiary/aromatic N) is 1. The third-order valence-corrected chi connectivity index (χ3v) is 4.56. The Kier molecular flexibility index (Phi) is 5.69. The number of rotatable bonds is 8. The Balaban J connectivity index is 1.73. The third-order valence-electron chi connectivity index (χ3n) is 4.56. The van der Waals surface area contributed by atoms with E-state index >= 15 is 0 Å². The molecule has 1 aliphatic carbocycles. The molecule has 3 rings (SSSR count). The van der Waals surface area contributed by atoms with Crippen LogP contribution in [0.3, 0.4) is 0 Å². The summed E-state index contributed by atoms with van der Waals surface area (Å²) < 4.78 is 15.8. The number of ether oxygens (including phenoxy) is 2. The molecule has 1 fully saturated rings. The number of carbonyl (C=O) groups excluding carboxylic acids is 2. The molecule has 27 heavy (non-hydrogen) atoms. The second-order valence-electron chi connectivity index (χ2n) is 6.55. The van der Waals surface area contributed by atoms with Crippen LogP contribution < -0.4 is 14.8 Å². The molecule has 1 heterocycles. The molecule has 2 amide bonds. The van der Waals surface area contributed by atoms with Crippen LogP contribution in [0.2, 0.25) is 0 Å². The average Bonchev–Trinajstić information content (AvgIpc) is 3.37. The maximum absolute atomic E-state index is 13.0. The number of amides is 2. The molecule has 0 aliphatic heterocycles. The molecule has 1 N–H and O–H groups in total. The number of hydrogen-bond acceptors (Lipinski definition) is 5. The summed E-state index contributed by atoms with van der Waals surface area (Å²) in [6, 6.07) is 8.22. The first-order valence-electron chi connectivity index (χ1n) is 8.89. The van der Waals surface area contributed by atoms with Crippen molar-refractivity contribution in [1.29, 1.82) is 0 Å². The van der Waals surface area contributed by atoms with Crippen molar-refractivity contribution in [3.63, 3.8) is 0 Å². The van der Waals surface area contributed by atoms with Crippen molar-refractivity contribution < 1.29 is 23.5 Å². The zero-order chi connectivity index (χ0) is 19.4. The minimum atomic E-state index is -0.667. The summed E-state index contributed by atoms with van der Waals surface area (Å²) in [7, 11) is 3.20. The fraction of sp³-hybridized carbons (Fsp3) is 0.400. The van der Waals surface area contributed by atoms with E-state index in [4.69, 9.17) is 13.9 Å². The molecule has 2 aromatic rings. The third kappa shape index (κ3) is 4.42. The van der Waals surface area contributed by atoms with Gasteiger partial charge in [0.05, 0.1) is 20.5 Å². The maximum atomic E-state index is 13.0. The fourth-order valence-corrected chi connectivity index (χ4v) is 2.95. The molecule has 0 spiro atoms. The summed E-state index contributed by atoms with van der Waals surface area (Å²) in [5.74, 6) is 1.04. The van der Waals surface area contributed by atoms with Gasteiger partial charge in [0.25, 0.3) is 5.91 Å². The first kappa shape index (κ1) is 18.8. The topological polar surface area (TPSA) is 81.0 Å². The van der Waals surface area contributed by atoms with Crippen molar-refractivity contribution in [2.45, 2.75) is 38.4 Å². The summed E-state index contributed by atoms with van der Waals surface area (Å²) in [5, 5.41) is 2.70. The van der Waals surface area contributed by atoms with Gasteiger partial charge in [0.15, 0.2) is 5.76 Å². The van der Waals surface area contributed by atoms with E-state index in [9.17, 15) is 9.59 Å². The smallest absolute Gasteiger partial charge is 0.287 e. The normalized spacial score (nSPS) is 14.3. The van der Waals surface area contributed by atoms with Crippen molar-refractivity contribution in [3.05, 3.63) is 47.9 Å². The Morgan fingerprint density at radius 2 is 2.04 bits per heavy atom. The minimum absolute atomic E-state index is 0.137. The van der Waals surface area contributed by atoms with Gasteiger partial charge in [-0.25, -0.2) is 0 Å². The maximum Gasteiger partial charge on any atom is 0.287 e. The van der Waals surface area contributed by atoms with Gasteiger partial charge in [-0.3, -0.25) is 9.59 Å². The molecule has 0 radical (unpaired) electrons. The highest BCUT2D eigenvalue weighted by molar-refractivity contribution is 5.95. The zero-order valence-electron chi connectivity index (χ0n) is 15.7. The van der Waals surface area contributed by atoms with E-state index in [1.807, 2.05) is 18.2 Å². The minimum Gasteiger partial charge on any atom is -0.497 e. The molecule has 1 aliphatic rings.